The molecule has 1 unspecified atom stereocenters. The highest BCUT2D eigenvalue weighted by Crippen LogP contribution is 2.29. The number of nitrogens with zero attached hydrogens (tertiary/aromatic N) is 5. The molecule has 0 saturated carbocycles. The van der Waals surface area contributed by atoms with E-state index < -0.39 is 5.54 Å². The van der Waals surface area contributed by atoms with Gasteiger partial charge in [0.05, 0.1) is 16.9 Å². The van der Waals surface area contributed by atoms with Gasteiger partial charge in [-0.3, -0.25) is 14.2 Å². The summed E-state index contributed by atoms with van der Waals surface area (Å²) in [4.78, 5) is 36.3. The van der Waals surface area contributed by atoms with Crippen molar-refractivity contribution in [3.63, 3.8) is 0 Å². The quantitative estimate of drug-likeness (QED) is 0.750. The molecular weight excluding hydrogens is 380 g/mol. The van der Waals surface area contributed by atoms with Gasteiger partial charge in [-0.1, -0.05) is 0 Å². The van der Waals surface area contributed by atoms with E-state index in [0.717, 1.165) is 24.9 Å². The molecular formula is C22H28N6O2. The van der Waals surface area contributed by atoms with Crippen molar-refractivity contribution in [2.75, 3.05) is 25.9 Å². The third-order valence-corrected chi connectivity index (χ3v) is 5.90. The molecule has 1 atom stereocenters. The number of aromatic nitrogens is 3. The number of pyridine rings is 1. The Kier molecular flexibility index (Phi) is 6.04. The summed E-state index contributed by atoms with van der Waals surface area (Å²) in [6.07, 6.45) is 3.91. The first-order valence-corrected chi connectivity index (χ1v) is 10.1. The summed E-state index contributed by atoms with van der Waals surface area (Å²) in [7, 11) is 2.04. The Balaban J connectivity index is 2.07. The molecule has 0 amide bonds. The van der Waals surface area contributed by atoms with Gasteiger partial charge in [0.25, 0.3) is 5.56 Å². The molecule has 0 bridgehead atoms. The Morgan fingerprint density at radius 1 is 1.37 bits per heavy atom. The number of aryl methyl sites for hydroxylation is 3. The van der Waals surface area contributed by atoms with Crippen LogP contribution in [0.5, 0.6) is 0 Å². The molecule has 8 nitrogen and oxygen atoms in total. The summed E-state index contributed by atoms with van der Waals surface area (Å²) in [5, 5.41) is 9.35. The molecule has 3 rings (SSSR count). The van der Waals surface area contributed by atoms with Gasteiger partial charge in [-0.25, -0.2) is 9.97 Å². The van der Waals surface area contributed by atoms with Crippen LogP contribution in [0.25, 0.3) is 0 Å². The molecule has 2 aromatic heterocycles. The van der Waals surface area contributed by atoms with Crippen LogP contribution in [-0.4, -0.2) is 45.4 Å². The Labute approximate surface area is 176 Å². The third kappa shape index (κ3) is 3.98. The van der Waals surface area contributed by atoms with Crippen molar-refractivity contribution in [2.45, 2.75) is 52.0 Å². The first kappa shape index (κ1) is 21.7. The third-order valence-electron chi connectivity index (χ3n) is 5.90. The van der Waals surface area contributed by atoms with E-state index in [2.05, 4.69) is 21.8 Å². The van der Waals surface area contributed by atoms with Crippen LogP contribution in [0.4, 0.5) is 5.82 Å². The number of Topliss-reactive ketones (excluding diaryl/α,β-unsaturated/α-hetero) is 1. The first-order chi connectivity index (χ1) is 14.2. The van der Waals surface area contributed by atoms with E-state index in [-0.39, 0.29) is 22.7 Å². The number of nitrogens with two attached hydrogens (primary N) is 1. The number of carbonyl (C=O) groups is 1. The molecule has 1 aliphatic heterocycles. The van der Waals surface area contributed by atoms with Gasteiger partial charge in [-0.05, 0) is 64.8 Å². The highest BCUT2D eigenvalue weighted by Gasteiger charge is 2.35. The Morgan fingerprint density at radius 2 is 2.10 bits per heavy atom. The average molecular weight is 409 g/mol. The molecule has 2 N–H and O–H groups in total. The van der Waals surface area contributed by atoms with E-state index in [0.29, 0.717) is 36.3 Å². The Hall–Kier alpha value is -3.05. The number of rotatable bonds is 5. The maximum absolute atomic E-state index is 13.6. The molecule has 0 aliphatic carbocycles. The number of ketones is 1. The molecule has 1 fully saturated rings. The predicted molar refractivity (Wildman–Crippen MR) is 114 cm³/mol. The molecule has 0 aromatic carbocycles. The molecule has 0 spiro atoms. The number of hydrogen-bond acceptors (Lipinski definition) is 7. The topological polar surface area (TPSA) is 118 Å². The number of piperidine rings is 1. The van der Waals surface area contributed by atoms with E-state index in [1.807, 2.05) is 20.0 Å². The monoisotopic (exact) mass is 408 g/mol. The standard InChI is InChI=1S/C22H28N6O2/c1-14-10-16(6-7-18-17(11-23)20(24)26-13-25-18)21(30)28(19(14)15(2)29)22(3)8-5-9-27(4)12-22/h10,13H,5-9,12H2,1-4H3,(H2,24,25,26). The smallest absolute Gasteiger partial charge is 0.254 e. The van der Waals surface area contributed by atoms with Gasteiger partial charge < -0.3 is 10.6 Å². The zero-order valence-corrected chi connectivity index (χ0v) is 18.0. The molecule has 0 radical (unpaired) electrons. The average Bonchev–Trinajstić information content (AvgIpc) is 2.67. The SMILES string of the molecule is CC(=O)c1c(C)cc(CCc2ncnc(N)c2C#N)c(=O)n1C1(C)CCCN(C)C1. The normalized spacial score (nSPS) is 19.4. The zero-order valence-electron chi connectivity index (χ0n) is 18.0. The highest BCUT2D eigenvalue weighted by atomic mass is 16.1. The van der Waals surface area contributed by atoms with E-state index in [1.165, 1.54) is 13.3 Å². The van der Waals surface area contributed by atoms with E-state index >= 15 is 0 Å². The second-order valence-corrected chi connectivity index (χ2v) is 8.43. The number of likely N-dealkylation sites (N-methyl/N-ethyl adjacent to an activating group) is 1. The summed E-state index contributed by atoms with van der Waals surface area (Å²) in [5.41, 5.74) is 7.81. The fraction of sp³-hybridized carbons (Fsp3) is 0.500. The van der Waals surface area contributed by atoms with Crippen LogP contribution in [-0.2, 0) is 18.4 Å². The van der Waals surface area contributed by atoms with E-state index in [4.69, 9.17) is 5.73 Å². The minimum absolute atomic E-state index is 0.110. The number of nitriles is 1. The van der Waals surface area contributed by atoms with Gasteiger partial charge in [0, 0.05) is 19.0 Å². The lowest BCUT2D eigenvalue weighted by Gasteiger charge is -2.41. The zero-order chi connectivity index (χ0) is 22.1. The minimum atomic E-state index is -0.455. The van der Waals surface area contributed by atoms with Crippen molar-refractivity contribution in [2.24, 2.45) is 0 Å². The molecule has 30 heavy (non-hydrogen) atoms. The van der Waals surface area contributed by atoms with Crippen molar-refractivity contribution in [1.82, 2.24) is 19.4 Å². The van der Waals surface area contributed by atoms with E-state index in [9.17, 15) is 14.9 Å². The summed E-state index contributed by atoms with van der Waals surface area (Å²) < 4.78 is 1.72. The van der Waals surface area contributed by atoms with Crippen molar-refractivity contribution in [3.8, 4) is 6.07 Å². The highest BCUT2D eigenvalue weighted by molar-refractivity contribution is 5.94. The van der Waals surface area contributed by atoms with Crippen LogP contribution in [0, 0.1) is 18.3 Å². The fourth-order valence-electron chi connectivity index (χ4n) is 4.60. The van der Waals surface area contributed by atoms with Crippen molar-refractivity contribution < 1.29 is 4.79 Å². The summed E-state index contributed by atoms with van der Waals surface area (Å²) in [5.74, 6) is 0.0294. The van der Waals surface area contributed by atoms with Crippen LogP contribution >= 0.6 is 0 Å². The molecule has 2 aromatic rings. The maximum Gasteiger partial charge on any atom is 0.254 e. The second-order valence-electron chi connectivity index (χ2n) is 8.43. The van der Waals surface area contributed by atoms with Crippen LogP contribution in [0.3, 0.4) is 0 Å². The lowest BCUT2D eigenvalue weighted by molar-refractivity contribution is 0.0953. The summed E-state index contributed by atoms with van der Waals surface area (Å²) in [6.45, 7) is 7.12. The lowest BCUT2D eigenvalue weighted by Crippen LogP contribution is -2.52. The summed E-state index contributed by atoms with van der Waals surface area (Å²) >= 11 is 0. The van der Waals surface area contributed by atoms with Gasteiger partial charge in [0.2, 0.25) is 0 Å². The van der Waals surface area contributed by atoms with Crippen molar-refractivity contribution >= 4 is 11.6 Å². The van der Waals surface area contributed by atoms with E-state index in [1.54, 1.807) is 10.6 Å². The molecule has 1 aliphatic rings. The van der Waals surface area contributed by atoms with Gasteiger partial charge in [-0.15, -0.1) is 0 Å². The largest absolute Gasteiger partial charge is 0.382 e. The van der Waals surface area contributed by atoms with Crippen molar-refractivity contribution in [3.05, 3.63) is 50.8 Å². The minimum Gasteiger partial charge on any atom is -0.382 e. The summed E-state index contributed by atoms with van der Waals surface area (Å²) in [6, 6.07) is 3.83. The van der Waals surface area contributed by atoms with Crippen LogP contribution < -0.4 is 11.3 Å². The van der Waals surface area contributed by atoms with Gasteiger partial charge in [-0.2, -0.15) is 5.26 Å². The van der Waals surface area contributed by atoms with Crippen molar-refractivity contribution in [1.29, 1.82) is 5.26 Å². The lowest BCUT2D eigenvalue weighted by atomic mass is 9.89. The second kappa shape index (κ2) is 8.36. The number of carbonyl (C=O) groups excluding carboxylic acids is 1. The number of likely N-dealkylation sites (tertiary alicyclic amines) is 1. The van der Waals surface area contributed by atoms with Crippen LogP contribution in [0.2, 0.25) is 0 Å². The molecule has 1 saturated heterocycles. The Morgan fingerprint density at radius 3 is 2.73 bits per heavy atom. The Bertz CT molecular complexity index is 1080. The van der Waals surface area contributed by atoms with Crippen LogP contribution in [0.1, 0.15) is 59.6 Å². The number of nitrogen functional groups attached to an aromatic ring is 1. The van der Waals surface area contributed by atoms with Gasteiger partial charge in [0.15, 0.2) is 5.78 Å². The van der Waals surface area contributed by atoms with Gasteiger partial charge >= 0.3 is 0 Å². The molecule has 158 valence electrons. The molecule has 3 heterocycles. The molecule has 8 heteroatoms. The fourth-order valence-corrected chi connectivity index (χ4v) is 4.60. The first-order valence-electron chi connectivity index (χ1n) is 10.1. The number of hydrogen-bond donors (Lipinski definition) is 1. The van der Waals surface area contributed by atoms with Crippen LogP contribution in [0.15, 0.2) is 17.2 Å². The predicted octanol–water partition coefficient (Wildman–Crippen LogP) is 1.83. The number of anilines is 1. The maximum atomic E-state index is 13.6. The van der Waals surface area contributed by atoms with Gasteiger partial charge in [0.1, 0.15) is 23.8 Å².